The van der Waals surface area contributed by atoms with Crippen molar-refractivity contribution in [1.29, 1.82) is 0 Å². The SMILES string of the molecule is CCC(C)NC(=O)C1CCN(S(=O)(=O)c2ccccc2C(=O)OC)CC1. The third-order valence-corrected chi connectivity index (χ3v) is 6.69. The Kier molecular flexibility index (Phi) is 6.77. The van der Waals surface area contributed by atoms with Crippen LogP contribution in [0.5, 0.6) is 0 Å². The monoisotopic (exact) mass is 382 g/mol. The van der Waals surface area contributed by atoms with E-state index in [0.717, 1.165) is 6.42 Å². The molecule has 2 rings (SSSR count). The first-order valence-electron chi connectivity index (χ1n) is 8.79. The molecule has 1 aliphatic rings. The van der Waals surface area contributed by atoms with Crippen LogP contribution in [0.2, 0.25) is 0 Å². The van der Waals surface area contributed by atoms with Crippen LogP contribution in [-0.4, -0.2) is 50.8 Å². The number of carbonyl (C=O) groups is 2. The number of benzene rings is 1. The number of carbonyl (C=O) groups excluding carboxylic acids is 2. The Morgan fingerprint density at radius 2 is 1.88 bits per heavy atom. The van der Waals surface area contributed by atoms with Crippen molar-refractivity contribution >= 4 is 21.9 Å². The van der Waals surface area contributed by atoms with E-state index in [-0.39, 0.29) is 41.4 Å². The topological polar surface area (TPSA) is 92.8 Å². The predicted octanol–water partition coefficient (Wildman–Crippen LogP) is 1.79. The Hall–Kier alpha value is -1.93. The van der Waals surface area contributed by atoms with Crippen molar-refractivity contribution in [3.8, 4) is 0 Å². The van der Waals surface area contributed by atoms with E-state index >= 15 is 0 Å². The molecule has 1 fully saturated rings. The highest BCUT2D eigenvalue weighted by Gasteiger charge is 2.34. The third kappa shape index (κ3) is 4.42. The quantitative estimate of drug-likeness (QED) is 0.757. The number of hydrogen-bond acceptors (Lipinski definition) is 5. The number of ether oxygens (including phenoxy) is 1. The molecule has 1 aromatic carbocycles. The molecular formula is C18H26N2O5S. The first kappa shape index (κ1) is 20.4. The predicted molar refractivity (Wildman–Crippen MR) is 97.2 cm³/mol. The van der Waals surface area contributed by atoms with Crippen LogP contribution in [-0.2, 0) is 19.6 Å². The Balaban J connectivity index is 2.12. The molecule has 1 heterocycles. The summed E-state index contributed by atoms with van der Waals surface area (Å²) in [5, 5.41) is 2.95. The highest BCUT2D eigenvalue weighted by molar-refractivity contribution is 7.89. The fourth-order valence-corrected chi connectivity index (χ4v) is 4.58. The maximum absolute atomic E-state index is 12.9. The standard InChI is InChI=1S/C18H26N2O5S/c1-4-13(2)19-17(21)14-9-11-20(12-10-14)26(23,24)16-8-6-5-7-15(16)18(22)25-3/h5-8,13-14H,4,9-12H2,1-3H3,(H,19,21). The van der Waals surface area contributed by atoms with Crippen molar-refractivity contribution in [1.82, 2.24) is 9.62 Å². The van der Waals surface area contributed by atoms with E-state index in [4.69, 9.17) is 0 Å². The lowest BCUT2D eigenvalue weighted by atomic mass is 9.97. The van der Waals surface area contributed by atoms with E-state index in [0.29, 0.717) is 12.8 Å². The normalized spacial score (nSPS) is 17.5. The van der Waals surface area contributed by atoms with Gasteiger partial charge in [-0.2, -0.15) is 4.31 Å². The molecule has 0 aromatic heterocycles. The van der Waals surface area contributed by atoms with Crippen LogP contribution >= 0.6 is 0 Å². The molecule has 0 radical (unpaired) electrons. The van der Waals surface area contributed by atoms with Gasteiger partial charge in [0.2, 0.25) is 15.9 Å². The summed E-state index contributed by atoms with van der Waals surface area (Å²) < 4.78 is 31.9. The van der Waals surface area contributed by atoms with Crippen LogP contribution in [0.15, 0.2) is 29.2 Å². The van der Waals surface area contributed by atoms with E-state index in [9.17, 15) is 18.0 Å². The van der Waals surface area contributed by atoms with E-state index in [1.165, 1.54) is 23.5 Å². The van der Waals surface area contributed by atoms with Crippen LogP contribution < -0.4 is 5.32 Å². The molecule has 26 heavy (non-hydrogen) atoms. The Labute approximate surface area is 154 Å². The molecule has 0 aliphatic carbocycles. The summed E-state index contributed by atoms with van der Waals surface area (Å²) >= 11 is 0. The molecule has 0 bridgehead atoms. The average molecular weight is 382 g/mol. The summed E-state index contributed by atoms with van der Waals surface area (Å²) in [6.45, 7) is 4.44. The van der Waals surface area contributed by atoms with Gasteiger partial charge in [-0.1, -0.05) is 19.1 Å². The molecule has 1 unspecified atom stereocenters. The summed E-state index contributed by atoms with van der Waals surface area (Å²) in [6.07, 6.45) is 1.77. The van der Waals surface area contributed by atoms with Crippen LogP contribution in [0.25, 0.3) is 0 Å². The van der Waals surface area contributed by atoms with Crippen molar-refractivity contribution in [3.05, 3.63) is 29.8 Å². The summed E-state index contributed by atoms with van der Waals surface area (Å²) in [6, 6.07) is 6.12. The number of nitrogens with one attached hydrogen (secondary N) is 1. The van der Waals surface area contributed by atoms with Gasteiger partial charge in [-0.15, -0.1) is 0 Å². The largest absolute Gasteiger partial charge is 0.465 e. The van der Waals surface area contributed by atoms with Crippen LogP contribution in [0.4, 0.5) is 0 Å². The lowest BCUT2D eigenvalue weighted by Crippen LogP contribution is -2.44. The van der Waals surface area contributed by atoms with Gasteiger partial charge < -0.3 is 10.1 Å². The Morgan fingerprint density at radius 1 is 1.27 bits per heavy atom. The molecule has 8 heteroatoms. The smallest absolute Gasteiger partial charge is 0.339 e. The fraction of sp³-hybridized carbons (Fsp3) is 0.556. The van der Waals surface area contributed by atoms with Crippen molar-refractivity contribution in [3.63, 3.8) is 0 Å². The minimum atomic E-state index is -3.82. The number of amides is 1. The second kappa shape index (κ2) is 8.64. The Morgan fingerprint density at radius 3 is 2.46 bits per heavy atom. The van der Waals surface area contributed by atoms with Gasteiger partial charge in [0.1, 0.15) is 0 Å². The van der Waals surface area contributed by atoms with Gasteiger partial charge in [-0.05, 0) is 38.3 Å². The number of esters is 1. The van der Waals surface area contributed by atoms with E-state index in [1.54, 1.807) is 12.1 Å². The van der Waals surface area contributed by atoms with Gasteiger partial charge in [0.15, 0.2) is 0 Å². The molecular weight excluding hydrogens is 356 g/mol. The molecule has 1 aliphatic heterocycles. The number of methoxy groups -OCH3 is 1. The van der Waals surface area contributed by atoms with Crippen LogP contribution in [0.3, 0.4) is 0 Å². The molecule has 1 aromatic rings. The summed E-state index contributed by atoms with van der Waals surface area (Å²) in [5.74, 6) is -0.898. The van der Waals surface area contributed by atoms with Gasteiger partial charge in [0.25, 0.3) is 0 Å². The highest BCUT2D eigenvalue weighted by Crippen LogP contribution is 2.26. The second-order valence-electron chi connectivity index (χ2n) is 6.48. The first-order chi connectivity index (χ1) is 12.3. The van der Waals surface area contributed by atoms with Crippen molar-refractivity contribution in [2.45, 2.75) is 44.0 Å². The number of sulfonamides is 1. The third-order valence-electron chi connectivity index (χ3n) is 4.74. The summed E-state index contributed by atoms with van der Waals surface area (Å²) in [4.78, 5) is 24.1. The minimum Gasteiger partial charge on any atom is -0.465 e. The zero-order valence-corrected chi connectivity index (χ0v) is 16.2. The van der Waals surface area contributed by atoms with Gasteiger partial charge in [-0.25, -0.2) is 13.2 Å². The average Bonchev–Trinajstić information content (AvgIpc) is 2.67. The molecule has 1 saturated heterocycles. The zero-order chi connectivity index (χ0) is 19.3. The molecule has 0 spiro atoms. The van der Waals surface area contributed by atoms with Crippen molar-refractivity contribution in [2.24, 2.45) is 5.92 Å². The zero-order valence-electron chi connectivity index (χ0n) is 15.4. The van der Waals surface area contributed by atoms with Gasteiger partial charge in [0.05, 0.1) is 17.6 Å². The van der Waals surface area contributed by atoms with Crippen LogP contribution in [0.1, 0.15) is 43.5 Å². The molecule has 1 atom stereocenters. The highest BCUT2D eigenvalue weighted by atomic mass is 32.2. The van der Waals surface area contributed by atoms with Crippen LogP contribution in [0, 0.1) is 5.92 Å². The number of nitrogens with zero attached hydrogens (tertiary/aromatic N) is 1. The maximum atomic E-state index is 12.9. The number of piperidine rings is 1. The van der Waals surface area contributed by atoms with Gasteiger partial charge >= 0.3 is 5.97 Å². The van der Waals surface area contributed by atoms with Gasteiger partial charge in [0, 0.05) is 25.0 Å². The van der Waals surface area contributed by atoms with E-state index in [1.807, 2.05) is 13.8 Å². The van der Waals surface area contributed by atoms with E-state index in [2.05, 4.69) is 10.1 Å². The lowest BCUT2D eigenvalue weighted by molar-refractivity contribution is -0.126. The van der Waals surface area contributed by atoms with Crippen molar-refractivity contribution < 1.29 is 22.7 Å². The number of hydrogen-bond donors (Lipinski definition) is 1. The molecule has 1 N–H and O–H groups in total. The molecule has 144 valence electrons. The second-order valence-corrected chi connectivity index (χ2v) is 8.39. The molecule has 0 saturated carbocycles. The summed E-state index contributed by atoms with van der Waals surface area (Å²) in [7, 11) is -2.61. The lowest BCUT2D eigenvalue weighted by Gasteiger charge is -2.31. The number of rotatable bonds is 6. The molecule has 1 amide bonds. The fourth-order valence-electron chi connectivity index (χ4n) is 2.93. The summed E-state index contributed by atoms with van der Waals surface area (Å²) in [5.41, 5.74) is 0.0200. The Bertz CT molecular complexity index is 755. The van der Waals surface area contributed by atoms with Gasteiger partial charge in [-0.3, -0.25) is 4.79 Å². The maximum Gasteiger partial charge on any atom is 0.339 e. The molecule has 7 nitrogen and oxygen atoms in total. The minimum absolute atomic E-state index is 0.0200. The first-order valence-corrected chi connectivity index (χ1v) is 10.2. The van der Waals surface area contributed by atoms with E-state index < -0.39 is 16.0 Å². The van der Waals surface area contributed by atoms with Crippen molar-refractivity contribution in [2.75, 3.05) is 20.2 Å².